The van der Waals surface area contributed by atoms with E-state index in [1.165, 1.54) is 33.3 Å². The summed E-state index contributed by atoms with van der Waals surface area (Å²) in [5, 5.41) is 2.55. The van der Waals surface area contributed by atoms with Crippen LogP contribution in [0.5, 0.6) is 0 Å². The van der Waals surface area contributed by atoms with Crippen molar-refractivity contribution in [3.63, 3.8) is 0 Å². The van der Waals surface area contributed by atoms with Gasteiger partial charge in [0.15, 0.2) is 0 Å². The number of hydrogen-bond donors (Lipinski definition) is 2. The first-order chi connectivity index (χ1) is 9.72. The highest BCUT2D eigenvalue weighted by molar-refractivity contribution is 7.90. The van der Waals surface area contributed by atoms with E-state index in [0.29, 0.717) is 11.3 Å². The van der Waals surface area contributed by atoms with Gasteiger partial charge in [-0.2, -0.15) is 12.7 Å². The minimum atomic E-state index is -3.57. The maximum Gasteiger partial charge on any atom is 0.324 e. The molecular formula is C12H16N4O4S. The van der Waals surface area contributed by atoms with Crippen molar-refractivity contribution in [2.24, 2.45) is 0 Å². The smallest absolute Gasteiger partial charge is 0.322 e. The Morgan fingerprint density at radius 1 is 1.19 bits per heavy atom. The number of anilines is 1. The molecule has 1 fully saturated rings. The van der Waals surface area contributed by atoms with Gasteiger partial charge in [-0.1, -0.05) is 12.1 Å². The molecule has 21 heavy (non-hydrogen) atoms. The predicted octanol–water partition coefficient (Wildman–Crippen LogP) is 0.128. The standard InChI is InChI=1S/C12H16N4O4S/c1-15(2)21(19,20)14-9-6-4-8(5-7-9)10-11(17)16(3)12(18)13-10/h4-7,10,14H,1-3H3,(H,13,18). The third kappa shape index (κ3) is 2.98. The van der Waals surface area contributed by atoms with Gasteiger partial charge in [0.05, 0.1) is 0 Å². The molecule has 0 bridgehead atoms. The van der Waals surface area contributed by atoms with Crippen molar-refractivity contribution in [1.82, 2.24) is 14.5 Å². The van der Waals surface area contributed by atoms with E-state index in [-0.39, 0.29) is 5.91 Å². The van der Waals surface area contributed by atoms with Crippen LogP contribution >= 0.6 is 0 Å². The molecule has 9 heteroatoms. The van der Waals surface area contributed by atoms with Crippen LogP contribution in [0, 0.1) is 0 Å². The lowest BCUT2D eigenvalue weighted by atomic mass is 10.1. The SMILES string of the molecule is CN1C(=O)NC(c2ccc(NS(=O)(=O)N(C)C)cc2)C1=O. The number of carbonyl (C=O) groups excluding carboxylic acids is 2. The van der Waals surface area contributed by atoms with Gasteiger partial charge in [0.2, 0.25) is 0 Å². The van der Waals surface area contributed by atoms with Crippen LogP contribution in [0.4, 0.5) is 10.5 Å². The van der Waals surface area contributed by atoms with E-state index in [2.05, 4.69) is 10.0 Å². The van der Waals surface area contributed by atoms with Gasteiger partial charge < -0.3 is 5.32 Å². The van der Waals surface area contributed by atoms with Crippen molar-refractivity contribution < 1.29 is 18.0 Å². The van der Waals surface area contributed by atoms with Crippen molar-refractivity contribution in [3.05, 3.63) is 29.8 Å². The van der Waals surface area contributed by atoms with E-state index >= 15 is 0 Å². The van der Waals surface area contributed by atoms with Crippen molar-refractivity contribution in [3.8, 4) is 0 Å². The molecule has 1 aliphatic heterocycles. The summed E-state index contributed by atoms with van der Waals surface area (Å²) < 4.78 is 26.8. The Morgan fingerprint density at radius 2 is 1.76 bits per heavy atom. The summed E-state index contributed by atoms with van der Waals surface area (Å²) in [4.78, 5) is 24.2. The zero-order valence-corrected chi connectivity index (χ0v) is 12.6. The molecule has 1 aromatic carbocycles. The normalized spacial score (nSPS) is 19.0. The van der Waals surface area contributed by atoms with E-state index in [1.54, 1.807) is 12.1 Å². The first-order valence-electron chi connectivity index (χ1n) is 6.10. The highest BCUT2D eigenvalue weighted by Gasteiger charge is 2.36. The maximum absolute atomic E-state index is 11.8. The number of nitrogens with one attached hydrogen (secondary N) is 2. The monoisotopic (exact) mass is 312 g/mol. The van der Waals surface area contributed by atoms with Crippen LogP contribution in [-0.2, 0) is 15.0 Å². The van der Waals surface area contributed by atoms with E-state index in [9.17, 15) is 18.0 Å². The summed E-state index contributed by atoms with van der Waals surface area (Å²) in [6.45, 7) is 0. The van der Waals surface area contributed by atoms with Gasteiger partial charge >= 0.3 is 16.2 Å². The molecule has 1 heterocycles. The Labute approximate surface area is 122 Å². The zero-order chi connectivity index (χ0) is 15.8. The van der Waals surface area contributed by atoms with Crippen LogP contribution in [-0.4, -0.2) is 50.7 Å². The molecule has 0 spiro atoms. The average Bonchev–Trinajstić information content (AvgIpc) is 2.67. The molecule has 0 aromatic heterocycles. The quantitative estimate of drug-likeness (QED) is 0.772. The molecule has 2 rings (SSSR count). The van der Waals surface area contributed by atoms with Crippen molar-refractivity contribution in [1.29, 1.82) is 0 Å². The van der Waals surface area contributed by atoms with Crippen LogP contribution in [0.1, 0.15) is 11.6 Å². The fraction of sp³-hybridized carbons (Fsp3) is 0.333. The molecule has 1 atom stereocenters. The van der Waals surface area contributed by atoms with E-state index in [0.717, 1.165) is 9.21 Å². The third-order valence-electron chi connectivity index (χ3n) is 3.12. The first-order valence-corrected chi connectivity index (χ1v) is 7.54. The van der Waals surface area contributed by atoms with Gasteiger partial charge in [-0.15, -0.1) is 0 Å². The lowest BCUT2D eigenvalue weighted by molar-refractivity contribution is -0.126. The molecule has 1 unspecified atom stereocenters. The number of hydrogen-bond acceptors (Lipinski definition) is 4. The number of amides is 3. The fourth-order valence-electron chi connectivity index (χ4n) is 1.79. The summed E-state index contributed by atoms with van der Waals surface area (Å²) in [6.07, 6.45) is 0. The molecule has 0 radical (unpaired) electrons. The summed E-state index contributed by atoms with van der Waals surface area (Å²) in [7, 11) is 0.659. The first kappa shape index (κ1) is 15.3. The zero-order valence-electron chi connectivity index (χ0n) is 11.8. The van der Waals surface area contributed by atoms with Gasteiger partial charge in [0.25, 0.3) is 5.91 Å². The third-order valence-corrected chi connectivity index (χ3v) is 4.58. The van der Waals surface area contributed by atoms with Gasteiger partial charge in [-0.25, -0.2) is 4.79 Å². The number of carbonyl (C=O) groups is 2. The number of rotatable bonds is 4. The predicted molar refractivity (Wildman–Crippen MR) is 76.7 cm³/mol. The molecule has 0 aliphatic carbocycles. The summed E-state index contributed by atoms with van der Waals surface area (Å²) >= 11 is 0. The van der Waals surface area contributed by atoms with Crippen LogP contribution in [0.25, 0.3) is 0 Å². The Morgan fingerprint density at radius 3 is 2.19 bits per heavy atom. The Balaban J connectivity index is 2.17. The van der Waals surface area contributed by atoms with Crippen LogP contribution < -0.4 is 10.0 Å². The van der Waals surface area contributed by atoms with Crippen LogP contribution in [0.3, 0.4) is 0 Å². The Hall–Kier alpha value is -2.13. The van der Waals surface area contributed by atoms with E-state index in [4.69, 9.17) is 0 Å². The maximum atomic E-state index is 11.8. The van der Waals surface area contributed by atoms with Crippen molar-refractivity contribution >= 4 is 27.8 Å². The molecule has 114 valence electrons. The second-order valence-corrected chi connectivity index (χ2v) is 6.68. The molecule has 0 saturated carbocycles. The molecule has 2 N–H and O–H groups in total. The molecule has 1 aromatic rings. The van der Waals surface area contributed by atoms with Gasteiger partial charge in [-0.05, 0) is 17.7 Å². The van der Waals surface area contributed by atoms with Crippen LogP contribution in [0.15, 0.2) is 24.3 Å². The second kappa shape index (κ2) is 5.34. The molecule has 1 saturated heterocycles. The molecule has 3 amide bonds. The number of urea groups is 1. The van der Waals surface area contributed by atoms with Gasteiger partial charge in [0, 0.05) is 26.8 Å². The van der Waals surface area contributed by atoms with Gasteiger partial charge in [-0.3, -0.25) is 14.4 Å². The lowest BCUT2D eigenvalue weighted by Crippen LogP contribution is -2.28. The summed E-state index contributed by atoms with van der Waals surface area (Å²) in [6, 6.07) is 5.07. The summed E-state index contributed by atoms with van der Waals surface area (Å²) in [5.74, 6) is -0.346. The lowest BCUT2D eigenvalue weighted by Gasteiger charge is -2.14. The largest absolute Gasteiger partial charge is 0.324 e. The second-order valence-electron chi connectivity index (χ2n) is 4.79. The number of nitrogens with zero attached hydrogens (tertiary/aromatic N) is 2. The van der Waals surface area contributed by atoms with E-state index in [1.807, 2.05) is 0 Å². The Kier molecular flexibility index (Phi) is 3.88. The minimum Gasteiger partial charge on any atom is -0.322 e. The Bertz CT molecular complexity index is 669. The average molecular weight is 312 g/mol. The van der Waals surface area contributed by atoms with Crippen LogP contribution in [0.2, 0.25) is 0 Å². The molecule has 8 nitrogen and oxygen atoms in total. The minimum absolute atomic E-state index is 0.346. The molecular weight excluding hydrogens is 296 g/mol. The number of likely N-dealkylation sites (N-methyl/N-ethyl adjacent to an activating group) is 1. The summed E-state index contributed by atoms with van der Waals surface area (Å²) in [5.41, 5.74) is 0.961. The van der Waals surface area contributed by atoms with E-state index < -0.39 is 22.3 Å². The highest BCUT2D eigenvalue weighted by atomic mass is 32.2. The number of imide groups is 1. The highest BCUT2D eigenvalue weighted by Crippen LogP contribution is 2.22. The van der Waals surface area contributed by atoms with Crippen molar-refractivity contribution in [2.45, 2.75) is 6.04 Å². The van der Waals surface area contributed by atoms with Crippen molar-refractivity contribution in [2.75, 3.05) is 25.9 Å². The number of benzene rings is 1. The topological polar surface area (TPSA) is 98.8 Å². The fourth-order valence-corrected chi connectivity index (χ4v) is 2.40. The molecule has 1 aliphatic rings. The van der Waals surface area contributed by atoms with Gasteiger partial charge in [0.1, 0.15) is 6.04 Å².